The molecule has 68 valence electrons. The van der Waals surface area contributed by atoms with Crippen molar-refractivity contribution in [3.05, 3.63) is 0 Å². The molecule has 4 heteroatoms. The minimum absolute atomic E-state index is 0.247. The lowest BCUT2D eigenvalue weighted by Crippen LogP contribution is -2.26. The Kier molecular flexibility index (Phi) is 5.50. The Morgan fingerprint density at radius 1 is 1.18 bits per heavy atom. The van der Waals surface area contributed by atoms with Crippen molar-refractivity contribution >= 4 is 10.0 Å². The molecule has 0 radical (unpaired) electrons. The molecule has 1 N–H and O–H groups in total. The lowest BCUT2D eigenvalue weighted by molar-refractivity contribution is 0.577. The first-order valence-corrected chi connectivity index (χ1v) is 5.75. The predicted octanol–water partition coefficient (Wildman–Crippen LogP) is 1.12. The molecule has 0 amide bonds. The predicted molar refractivity (Wildman–Crippen MR) is 47.0 cm³/mol. The monoisotopic (exact) mass is 179 g/mol. The van der Waals surface area contributed by atoms with E-state index in [4.69, 9.17) is 0 Å². The van der Waals surface area contributed by atoms with Crippen LogP contribution in [0.25, 0.3) is 0 Å². The van der Waals surface area contributed by atoms with Gasteiger partial charge in [-0.25, -0.2) is 13.1 Å². The van der Waals surface area contributed by atoms with Crippen LogP contribution >= 0.6 is 0 Å². The Morgan fingerprint density at radius 3 is 2.27 bits per heavy atom. The van der Waals surface area contributed by atoms with Gasteiger partial charge in [0.15, 0.2) is 0 Å². The molecule has 0 fully saturated rings. The van der Waals surface area contributed by atoms with Crippen molar-refractivity contribution in [1.82, 2.24) is 4.72 Å². The van der Waals surface area contributed by atoms with E-state index in [1.54, 1.807) is 0 Å². The van der Waals surface area contributed by atoms with Gasteiger partial charge in [0.1, 0.15) is 0 Å². The van der Waals surface area contributed by atoms with Crippen LogP contribution in [0, 0.1) is 0 Å². The molecule has 0 saturated heterocycles. The van der Waals surface area contributed by atoms with Crippen LogP contribution in [0.4, 0.5) is 0 Å². The van der Waals surface area contributed by atoms with Gasteiger partial charge in [-0.15, -0.1) is 0 Å². The summed E-state index contributed by atoms with van der Waals surface area (Å²) in [6, 6.07) is 0. The highest BCUT2D eigenvalue weighted by atomic mass is 32.2. The summed E-state index contributed by atoms with van der Waals surface area (Å²) in [5.74, 6) is 0.247. The first-order chi connectivity index (χ1) is 5.12. The van der Waals surface area contributed by atoms with Crippen molar-refractivity contribution in [2.75, 3.05) is 12.3 Å². The van der Waals surface area contributed by atoms with Crippen LogP contribution in [-0.2, 0) is 10.0 Å². The summed E-state index contributed by atoms with van der Waals surface area (Å²) in [5, 5.41) is 0. The first kappa shape index (κ1) is 10.9. The molecule has 0 aromatic rings. The zero-order valence-corrected chi connectivity index (χ0v) is 8.08. The number of sulfonamides is 1. The summed E-state index contributed by atoms with van der Waals surface area (Å²) in [6.07, 6.45) is 2.62. The molecule has 0 rings (SSSR count). The number of hydrogen-bond acceptors (Lipinski definition) is 2. The topological polar surface area (TPSA) is 46.2 Å². The van der Waals surface area contributed by atoms with Crippen molar-refractivity contribution in [2.24, 2.45) is 0 Å². The molecule has 11 heavy (non-hydrogen) atoms. The number of unbranched alkanes of at least 4 members (excludes halogenated alkanes) is 1. The zero-order valence-electron chi connectivity index (χ0n) is 7.26. The van der Waals surface area contributed by atoms with Crippen LogP contribution in [0.1, 0.15) is 33.1 Å². The molecule has 3 nitrogen and oxygen atoms in total. The van der Waals surface area contributed by atoms with E-state index in [9.17, 15) is 8.42 Å². The molecule has 0 bridgehead atoms. The fourth-order valence-electron chi connectivity index (χ4n) is 0.745. The fourth-order valence-corrected chi connectivity index (χ4v) is 1.88. The van der Waals surface area contributed by atoms with Crippen LogP contribution in [0.2, 0.25) is 0 Å². The summed E-state index contributed by atoms with van der Waals surface area (Å²) in [6.45, 7) is 4.48. The lowest BCUT2D eigenvalue weighted by atomic mass is 10.3. The van der Waals surface area contributed by atoms with Crippen molar-refractivity contribution in [3.8, 4) is 0 Å². The van der Waals surface area contributed by atoms with Crippen LogP contribution in [0.3, 0.4) is 0 Å². The Labute approximate surface area is 69.2 Å². The molecule has 0 aromatic carbocycles. The van der Waals surface area contributed by atoms with Crippen molar-refractivity contribution in [1.29, 1.82) is 0 Å². The highest BCUT2D eigenvalue weighted by molar-refractivity contribution is 7.89. The minimum atomic E-state index is -2.95. The second-order valence-corrected chi connectivity index (χ2v) is 4.49. The molecule has 0 saturated carbocycles. The SMILES string of the molecule is CCCCNS(=O)(=O)CCC. The minimum Gasteiger partial charge on any atom is -0.215 e. The number of rotatable bonds is 6. The van der Waals surface area contributed by atoms with Gasteiger partial charge in [-0.2, -0.15) is 0 Å². The van der Waals surface area contributed by atoms with E-state index in [0.29, 0.717) is 13.0 Å². The van der Waals surface area contributed by atoms with E-state index in [1.165, 1.54) is 0 Å². The average Bonchev–Trinajstić information content (AvgIpc) is 1.87. The summed E-state index contributed by atoms with van der Waals surface area (Å²) in [7, 11) is -2.95. The maximum absolute atomic E-state index is 11.0. The van der Waals surface area contributed by atoms with Crippen molar-refractivity contribution < 1.29 is 8.42 Å². The van der Waals surface area contributed by atoms with Gasteiger partial charge in [0, 0.05) is 6.54 Å². The highest BCUT2D eigenvalue weighted by Crippen LogP contribution is 1.90. The van der Waals surface area contributed by atoms with E-state index >= 15 is 0 Å². The molecule has 0 aliphatic carbocycles. The fraction of sp³-hybridized carbons (Fsp3) is 1.00. The molecule has 0 unspecified atom stereocenters. The first-order valence-electron chi connectivity index (χ1n) is 4.09. The van der Waals surface area contributed by atoms with Crippen LogP contribution in [0.15, 0.2) is 0 Å². The molecule has 0 aromatic heterocycles. The van der Waals surface area contributed by atoms with Gasteiger partial charge < -0.3 is 0 Å². The average molecular weight is 179 g/mol. The van der Waals surface area contributed by atoms with Gasteiger partial charge in [-0.1, -0.05) is 20.3 Å². The summed E-state index contributed by atoms with van der Waals surface area (Å²) in [4.78, 5) is 0. The van der Waals surface area contributed by atoms with Crippen LogP contribution < -0.4 is 4.72 Å². The van der Waals surface area contributed by atoms with Gasteiger partial charge >= 0.3 is 0 Å². The van der Waals surface area contributed by atoms with Gasteiger partial charge in [-0.05, 0) is 12.8 Å². The lowest BCUT2D eigenvalue weighted by Gasteiger charge is -2.02. The quantitative estimate of drug-likeness (QED) is 0.621. The number of hydrogen-bond donors (Lipinski definition) is 1. The van der Waals surface area contributed by atoms with Gasteiger partial charge in [0.2, 0.25) is 10.0 Å². The number of nitrogens with one attached hydrogen (secondary N) is 1. The van der Waals surface area contributed by atoms with E-state index in [0.717, 1.165) is 12.8 Å². The van der Waals surface area contributed by atoms with Gasteiger partial charge in [0.25, 0.3) is 0 Å². The maximum Gasteiger partial charge on any atom is 0.211 e. The van der Waals surface area contributed by atoms with Crippen LogP contribution in [0.5, 0.6) is 0 Å². The van der Waals surface area contributed by atoms with Crippen molar-refractivity contribution in [3.63, 3.8) is 0 Å². The van der Waals surface area contributed by atoms with Gasteiger partial charge in [-0.3, -0.25) is 0 Å². The molecule has 0 aliphatic rings. The van der Waals surface area contributed by atoms with Crippen molar-refractivity contribution in [2.45, 2.75) is 33.1 Å². The summed E-state index contributed by atoms with van der Waals surface area (Å²) < 4.78 is 24.5. The second kappa shape index (κ2) is 5.55. The summed E-state index contributed by atoms with van der Waals surface area (Å²) >= 11 is 0. The smallest absolute Gasteiger partial charge is 0.211 e. The maximum atomic E-state index is 11.0. The molecular formula is C7H17NO2S. The normalized spacial score (nSPS) is 11.8. The van der Waals surface area contributed by atoms with E-state index < -0.39 is 10.0 Å². The van der Waals surface area contributed by atoms with E-state index in [2.05, 4.69) is 4.72 Å². The molecule has 0 aliphatic heterocycles. The molecular weight excluding hydrogens is 162 g/mol. The van der Waals surface area contributed by atoms with E-state index in [-0.39, 0.29) is 5.75 Å². The second-order valence-electron chi connectivity index (χ2n) is 2.57. The molecule has 0 heterocycles. The largest absolute Gasteiger partial charge is 0.215 e. The third-order valence-corrected chi connectivity index (χ3v) is 2.91. The summed E-state index contributed by atoms with van der Waals surface area (Å²) in [5.41, 5.74) is 0. The highest BCUT2D eigenvalue weighted by Gasteiger charge is 2.05. The van der Waals surface area contributed by atoms with Crippen LogP contribution in [-0.4, -0.2) is 20.7 Å². The molecule has 0 spiro atoms. The van der Waals surface area contributed by atoms with Gasteiger partial charge in [0.05, 0.1) is 5.75 Å². The third-order valence-electron chi connectivity index (χ3n) is 1.33. The Bertz CT molecular complexity index is 175. The Morgan fingerprint density at radius 2 is 1.82 bits per heavy atom. The van der Waals surface area contributed by atoms with E-state index in [1.807, 2.05) is 13.8 Å². The third kappa shape index (κ3) is 6.31. The zero-order chi connectivity index (χ0) is 8.74. The molecule has 0 atom stereocenters. The standard InChI is InChI=1S/C7H17NO2S/c1-3-5-6-8-11(9,10)7-4-2/h8H,3-7H2,1-2H3. The Hall–Kier alpha value is -0.0900. The Balaban J connectivity index is 3.56.